The van der Waals surface area contributed by atoms with Crippen LogP contribution >= 0.6 is 0 Å². The molecule has 0 amide bonds. The minimum atomic E-state index is -0.661. The van der Waals surface area contributed by atoms with Crippen LogP contribution in [0.4, 0.5) is 0 Å². The van der Waals surface area contributed by atoms with Gasteiger partial charge in [-0.05, 0) is 24.8 Å². The van der Waals surface area contributed by atoms with Crippen LogP contribution in [0.25, 0.3) is 22.9 Å². The van der Waals surface area contributed by atoms with Crippen molar-refractivity contribution < 1.29 is 27.3 Å². The van der Waals surface area contributed by atoms with Gasteiger partial charge in [0.25, 0.3) is 0 Å². The van der Waals surface area contributed by atoms with Crippen molar-refractivity contribution in [1.82, 2.24) is 0 Å². The van der Waals surface area contributed by atoms with E-state index in [0.29, 0.717) is 10.5 Å². The van der Waals surface area contributed by atoms with Gasteiger partial charge < -0.3 is 28.0 Å². The number of hydrogen-bond donors (Lipinski definition) is 0. The maximum atomic E-state index is 10.5. The van der Waals surface area contributed by atoms with Crippen LogP contribution in [0.15, 0.2) is 29.2 Å². The van der Waals surface area contributed by atoms with E-state index in [-0.39, 0.29) is 43.5 Å². The van der Waals surface area contributed by atoms with Crippen molar-refractivity contribution in [2.75, 3.05) is 26.2 Å². The molecule has 0 aromatic heterocycles. The van der Waals surface area contributed by atoms with Gasteiger partial charge in [-0.15, -0.1) is 0 Å². The van der Waals surface area contributed by atoms with Crippen LogP contribution in [0.5, 0.6) is 0 Å². The molecule has 1 rings (SSSR count). The molecule has 0 heterocycles. The van der Waals surface area contributed by atoms with E-state index in [1.54, 1.807) is 24.3 Å². The summed E-state index contributed by atoms with van der Waals surface area (Å²) in [5.41, 5.74) is 25.5. The van der Waals surface area contributed by atoms with Crippen LogP contribution in [-0.4, -0.2) is 37.3 Å². The van der Waals surface area contributed by atoms with E-state index in [0.717, 1.165) is 0 Å². The summed E-state index contributed by atoms with van der Waals surface area (Å²) in [4.78, 5) is 11.2. The first-order valence-electron chi connectivity index (χ1n) is 5.20. The van der Waals surface area contributed by atoms with E-state index in [1.165, 1.54) is 0 Å². The monoisotopic (exact) mass is 324 g/mol. The normalized spacial score (nSPS) is 8.05. The molecule has 8 heteroatoms. The van der Waals surface area contributed by atoms with Crippen molar-refractivity contribution in [3.63, 3.8) is 0 Å². The van der Waals surface area contributed by atoms with Gasteiger partial charge in [0.1, 0.15) is 0 Å². The van der Waals surface area contributed by atoms with Gasteiger partial charge in [-0.25, -0.2) is 0 Å². The average Bonchev–Trinajstić information content (AvgIpc) is 2.39. The number of carbonyl (C=O) groups is 1. The molecule has 0 spiro atoms. The molecular weight excluding hydrogens is 304 g/mol. The topological polar surface area (TPSA) is 135 Å². The van der Waals surface area contributed by atoms with Crippen LogP contribution < -0.4 is 0 Å². The second-order valence-corrected chi connectivity index (χ2v) is 3.41. The Labute approximate surface area is 130 Å². The fourth-order valence-electron chi connectivity index (χ4n) is 0.681. The number of rotatable bonds is 3. The Balaban J connectivity index is -0.000000242. The molecule has 1 aromatic carbocycles. The first-order valence-corrected chi connectivity index (χ1v) is 5.70. The van der Waals surface area contributed by atoms with Crippen molar-refractivity contribution in [3.05, 3.63) is 52.8 Å². The Hall–Kier alpha value is -0.588. The van der Waals surface area contributed by atoms with Gasteiger partial charge in [0.2, 0.25) is 0 Å². The summed E-state index contributed by atoms with van der Waals surface area (Å²) in [5.74, 6) is -0.661. The average molecular weight is 324 g/mol. The molecule has 0 aliphatic rings. The fourth-order valence-corrected chi connectivity index (χ4v) is 0.974. The second kappa shape index (κ2) is 17.4. The van der Waals surface area contributed by atoms with Crippen molar-refractivity contribution in [1.29, 1.82) is 0 Å². The van der Waals surface area contributed by atoms with Gasteiger partial charge in [-0.3, -0.25) is 0 Å². The predicted molar refractivity (Wildman–Crippen MR) is 79.6 cm³/mol. The van der Waals surface area contributed by atoms with E-state index in [4.69, 9.17) is 28.0 Å². The largest absolute Gasteiger partial charge is 3.00 e. The fraction of sp³-hybridized carbons (Fsp3) is 0.364. The molecule has 0 fully saturated rings. The molecule has 1 aromatic rings. The van der Waals surface area contributed by atoms with Crippen molar-refractivity contribution in [2.24, 2.45) is 0 Å². The van der Waals surface area contributed by atoms with Gasteiger partial charge in [0.15, 0.2) is 10.5 Å². The van der Waals surface area contributed by atoms with E-state index < -0.39 is 5.97 Å². The molecule has 0 unspecified atom stereocenters. The first kappa shape index (κ1) is 23.5. The number of carbonyl (C=O) groups excluding carboxylic acids is 1. The van der Waals surface area contributed by atoms with Crippen molar-refractivity contribution >= 4 is 18.6 Å². The Kier molecular flexibility index (Phi) is 21.5. The van der Waals surface area contributed by atoms with Crippen LogP contribution in [0.1, 0.15) is 10.4 Å². The Morgan fingerprint density at radius 1 is 1.00 bits per heavy atom. The molecule has 6 N–H and O–H groups in total. The molecule has 107 valence electrons. The van der Waals surface area contributed by atoms with Crippen LogP contribution in [0.3, 0.4) is 0 Å². The molecule has 0 saturated heterocycles. The smallest absolute Gasteiger partial charge is 0.679 e. The SMILES string of the molecule is O=C([OH2+])c1ccccc1[SH2+].[Cr+3].[NH-]CC[NH-].[NH-]CC[NH-]. The van der Waals surface area contributed by atoms with E-state index in [9.17, 15) is 4.79 Å². The summed E-state index contributed by atoms with van der Waals surface area (Å²) in [6, 6.07) is 6.87. The van der Waals surface area contributed by atoms with Crippen molar-refractivity contribution in [3.8, 4) is 0 Å². The third-order valence-corrected chi connectivity index (χ3v) is 1.86. The number of benzene rings is 1. The molecule has 6 nitrogen and oxygen atoms in total. The minimum absolute atomic E-state index is 0. The zero-order chi connectivity index (χ0) is 14.4. The van der Waals surface area contributed by atoms with Crippen molar-refractivity contribution in [2.45, 2.75) is 4.90 Å². The third kappa shape index (κ3) is 15.4. The van der Waals surface area contributed by atoms with Crippen LogP contribution in [-0.2, 0) is 30.0 Å². The zero-order valence-electron chi connectivity index (χ0n) is 10.5. The summed E-state index contributed by atoms with van der Waals surface area (Å²) in [6.07, 6.45) is 0. The third-order valence-electron chi connectivity index (χ3n) is 1.42. The van der Waals surface area contributed by atoms with E-state index in [1.807, 2.05) is 0 Å². The summed E-state index contributed by atoms with van der Waals surface area (Å²) in [7, 11) is 0. The van der Waals surface area contributed by atoms with Crippen LogP contribution in [0, 0.1) is 0 Å². The standard InChI is InChI=1S/C7H6O2S.2C2H6N2.Cr/c8-7(9)5-3-1-2-4-6(5)10;2*3-1-2-4;/h1-4,10H,(H,8,9);2*3-4H,1-2H2;/q;2*-2;+3/p+2. The van der Waals surface area contributed by atoms with Gasteiger partial charge >= 0.3 is 23.3 Å². The van der Waals surface area contributed by atoms with Gasteiger partial charge in [-0.1, -0.05) is 12.1 Å². The summed E-state index contributed by atoms with van der Waals surface area (Å²) in [5, 5.41) is 6.79. The Bertz CT molecular complexity index is 321. The summed E-state index contributed by atoms with van der Waals surface area (Å²) < 4.78 is 0. The molecule has 0 saturated carbocycles. The Morgan fingerprint density at radius 2 is 1.37 bits per heavy atom. The van der Waals surface area contributed by atoms with Gasteiger partial charge in [-0.2, -0.15) is 26.2 Å². The minimum Gasteiger partial charge on any atom is -0.679 e. The zero-order valence-corrected chi connectivity index (χ0v) is 12.7. The number of hydrogen-bond acceptors (Lipinski definition) is 1. The maximum absolute atomic E-state index is 10.5. The molecular formula is C11H20CrN4O2S+. The molecule has 1 radical (unpaired) electrons. The molecule has 0 aliphatic carbocycles. The summed E-state index contributed by atoms with van der Waals surface area (Å²) in [6.45, 7) is 0.944. The molecule has 0 atom stereocenters. The first-order chi connectivity index (χ1) is 8.54. The Morgan fingerprint density at radius 3 is 1.58 bits per heavy atom. The predicted octanol–water partition coefficient (Wildman–Crippen LogP) is 2.10. The molecule has 19 heavy (non-hydrogen) atoms. The van der Waals surface area contributed by atoms with E-state index >= 15 is 0 Å². The second-order valence-electron chi connectivity index (χ2n) is 2.87. The number of nitrogens with one attached hydrogen (secondary N) is 4. The summed E-state index contributed by atoms with van der Waals surface area (Å²) >= 11 is 3.21. The van der Waals surface area contributed by atoms with Gasteiger partial charge in [0.05, 0.1) is 0 Å². The maximum Gasteiger partial charge on any atom is 3.00 e. The molecule has 0 bridgehead atoms. The van der Waals surface area contributed by atoms with E-state index in [2.05, 4.69) is 12.6 Å². The molecule has 0 aliphatic heterocycles. The quantitative estimate of drug-likeness (QED) is 0.773. The van der Waals surface area contributed by atoms with Gasteiger partial charge in [0, 0.05) is 4.79 Å². The van der Waals surface area contributed by atoms with Crippen LogP contribution in [0.2, 0.25) is 0 Å².